The number of hydrogen-bond donors (Lipinski definition) is 3. The monoisotopic (exact) mass is 293 g/mol. The maximum atomic E-state index is 11.8. The summed E-state index contributed by atoms with van der Waals surface area (Å²) < 4.78 is 0. The van der Waals surface area contributed by atoms with E-state index in [9.17, 15) is 14.7 Å². The van der Waals surface area contributed by atoms with E-state index in [2.05, 4.69) is 29.4 Å². The number of nitrogens with one attached hydrogen (secondary N) is 2. The van der Waals surface area contributed by atoms with Crippen LogP contribution in [0.25, 0.3) is 0 Å². The molecule has 6 nitrogen and oxygen atoms in total. The van der Waals surface area contributed by atoms with E-state index in [0.717, 1.165) is 0 Å². The van der Waals surface area contributed by atoms with Crippen molar-refractivity contribution in [3.05, 3.63) is 35.9 Å². The third kappa shape index (κ3) is 5.83. The second-order valence-electron chi connectivity index (χ2n) is 5.16. The summed E-state index contributed by atoms with van der Waals surface area (Å²) in [5, 5.41) is 14.3. The number of amides is 2. The molecule has 0 saturated carbocycles. The van der Waals surface area contributed by atoms with Gasteiger partial charge in [-0.1, -0.05) is 30.3 Å². The van der Waals surface area contributed by atoms with E-state index in [1.54, 1.807) is 30.3 Å². The van der Waals surface area contributed by atoms with Gasteiger partial charge in [0.25, 0.3) is 0 Å². The lowest BCUT2D eigenvalue weighted by atomic mass is 10.1. The van der Waals surface area contributed by atoms with Crippen molar-refractivity contribution < 1.29 is 14.7 Å². The zero-order valence-electron chi connectivity index (χ0n) is 12.7. The van der Waals surface area contributed by atoms with Gasteiger partial charge in [0.2, 0.25) is 0 Å². The molecule has 0 aliphatic rings. The zero-order valence-corrected chi connectivity index (χ0v) is 12.7. The minimum Gasteiger partial charge on any atom is -0.479 e. The van der Waals surface area contributed by atoms with Crippen molar-refractivity contribution in [2.45, 2.75) is 25.9 Å². The van der Waals surface area contributed by atoms with Crippen LogP contribution in [-0.2, 0) is 4.79 Å². The number of aliphatic carboxylic acids is 1. The Kier molecular flexibility index (Phi) is 6.68. The van der Waals surface area contributed by atoms with Gasteiger partial charge in [-0.2, -0.15) is 0 Å². The molecule has 3 N–H and O–H groups in total. The average molecular weight is 293 g/mol. The molecule has 0 unspecified atom stereocenters. The van der Waals surface area contributed by atoms with Crippen LogP contribution in [0.4, 0.5) is 4.79 Å². The van der Waals surface area contributed by atoms with E-state index >= 15 is 0 Å². The van der Waals surface area contributed by atoms with Crippen LogP contribution < -0.4 is 10.6 Å². The van der Waals surface area contributed by atoms with Gasteiger partial charge in [0.1, 0.15) is 0 Å². The Bertz CT molecular complexity index is 462. The van der Waals surface area contributed by atoms with Crippen LogP contribution in [0.1, 0.15) is 25.5 Å². The molecule has 1 rings (SSSR count). The second kappa shape index (κ2) is 8.26. The van der Waals surface area contributed by atoms with Crippen molar-refractivity contribution in [1.29, 1.82) is 0 Å². The summed E-state index contributed by atoms with van der Waals surface area (Å²) in [6.45, 7) is 5.29. The number of carbonyl (C=O) groups excluding carboxylic acids is 1. The lowest BCUT2D eigenvalue weighted by Crippen LogP contribution is -2.43. The van der Waals surface area contributed by atoms with Crippen LogP contribution in [-0.4, -0.2) is 48.2 Å². The highest BCUT2D eigenvalue weighted by Crippen LogP contribution is 2.12. The first kappa shape index (κ1) is 17.0. The van der Waals surface area contributed by atoms with E-state index in [1.807, 2.05) is 7.05 Å². The molecule has 1 aromatic rings. The predicted molar refractivity (Wildman–Crippen MR) is 81.1 cm³/mol. The second-order valence-corrected chi connectivity index (χ2v) is 5.16. The highest BCUT2D eigenvalue weighted by molar-refractivity contribution is 5.83. The topological polar surface area (TPSA) is 81.7 Å². The zero-order chi connectivity index (χ0) is 15.8. The summed E-state index contributed by atoms with van der Waals surface area (Å²) in [5.41, 5.74) is 0.541. The molecule has 1 aromatic carbocycles. The molecule has 0 bridgehead atoms. The molecule has 2 amide bonds. The van der Waals surface area contributed by atoms with E-state index in [-0.39, 0.29) is 0 Å². The Morgan fingerprint density at radius 3 is 2.38 bits per heavy atom. The average Bonchev–Trinajstić information content (AvgIpc) is 2.45. The standard InChI is InChI=1S/C15H23N3O3/c1-11(2)18(3)10-9-16-15(21)17-13(14(19)20)12-7-5-4-6-8-12/h4-8,11,13H,9-10H2,1-3H3,(H,19,20)(H2,16,17,21)/t13-/m0/s1. The van der Waals surface area contributed by atoms with Gasteiger partial charge >= 0.3 is 12.0 Å². The van der Waals surface area contributed by atoms with Gasteiger partial charge < -0.3 is 20.6 Å². The number of nitrogens with zero attached hydrogens (tertiary/aromatic N) is 1. The summed E-state index contributed by atoms with van der Waals surface area (Å²) >= 11 is 0. The summed E-state index contributed by atoms with van der Waals surface area (Å²) in [6, 6.07) is 7.48. The van der Waals surface area contributed by atoms with Gasteiger partial charge in [-0.25, -0.2) is 9.59 Å². The maximum Gasteiger partial charge on any atom is 0.330 e. The number of rotatable bonds is 7. The summed E-state index contributed by atoms with van der Waals surface area (Å²) in [4.78, 5) is 25.1. The van der Waals surface area contributed by atoms with E-state index in [0.29, 0.717) is 24.7 Å². The highest BCUT2D eigenvalue weighted by atomic mass is 16.4. The van der Waals surface area contributed by atoms with Gasteiger partial charge in [0, 0.05) is 19.1 Å². The molecule has 0 radical (unpaired) electrons. The fourth-order valence-corrected chi connectivity index (χ4v) is 1.72. The smallest absolute Gasteiger partial charge is 0.330 e. The first-order chi connectivity index (χ1) is 9.91. The third-order valence-corrected chi connectivity index (χ3v) is 3.29. The normalized spacial score (nSPS) is 12.2. The minimum absolute atomic E-state index is 0.394. The summed E-state index contributed by atoms with van der Waals surface area (Å²) in [5.74, 6) is -1.09. The fraction of sp³-hybridized carbons (Fsp3) is 0.467. The van der Waals surface area contributed by atoms with E-state index in [1.165, 1.54) is 0 Å². The Morgan fingerprint density at radius 2 is 1.86 bits per heavy atom. The van der Waals surface area contributed by atoms with E-state index < -0.39 is 18.0 Å². The van der Waals surface area contributed by atoms with Crippen molar-refractivity contribution >= 4 is 12.0 Å². The molecular weight excluding hydrogens is 270 g/mol. The number of carbonyl (C=O) groups is 2. The van der Waals surface area contributed by atoms with Gasteiger partial charge in [-0.3, -0.25) is 0 Å². The molecule has 116 valence electrons. The van der Waals surface area contributed by atoms with Crippen LogP contribution >= 0.6 is 0 Å². The van der Waals surface area contributed by atoms with Crippen LogP contribution in [0.2, 0.25) is 0 Å². The van der Waals surface area contributed by atoms with Crippen LogP contribution in [0.5, 0.6) is 0 Å². The number of carboxylic acids is 1. The van der Waals surface area contributed by atoms with E-state index in [4.69, 9.17) is 0 Å². The van der Waals surface area contributed by atoms with Gasteiger partial charge in [0.15, 0.2) is 6.04 Å². The number of hydrogen-bond acceptors (Lipinski definition) is 3. The largest absolute Gasteiger partial charge is 0.479 e. The Hall–Kier alpha value is -2.08. The molecule has 0 fully saturated rings. The first-order valence-electron chi connectivity index (χ1n) is 6.94. The molecule has 0 heterocycles. The Morgan fingerprint density at radius 1 is 1.24 bits per heavy atom. The maximum absolute atomic E-state index is 11.8. The molecule has 0 saturated heterocycles. The lowest BCUT2D eigenvalue weighted by Gasteiger charge is -2.21. The Balaban J connectivity index is 2.49. The quantitative estimate of drug-likeness (QED) is 0.711. The third-order valence-electron chi connectivity index (χ3n) is 3.29. The molecule has 0 aliphatic carbocycles. The van der Waals surface area contributed by atoms with Crippen LogP contribution in [0, 0.1) is 0 Å². The van der Waals surface area contributed by atoms with Crippen molar-refractivity contribution in [1.82, 2.24) is 15.5 Å². The number of urea groups is 1. The summed E-state index contributed by atoms with van der Waals surface area (Å²) in [7, 11) is 1.97. The Labute approximate surface area is 125 Å². The van der Waals surface area contributed by atoms with Gasteiger partial charge in [-0.15, -0.1) is 0 Å². The minimum atomic E-state index is -1.09. The molecule has 1 atom stereocenters. The van der Waals surface area contributed by atoms with Crippen LogP contribution in [0.15, 0.2) is 30.3 Å². The molecule has 0 spiro atoms. The van der Waals surface area contributed by atoms with Crippen molar-refractivity contribution in [3.8, 4) is 0 Å². The fourth-order valence-electron chi connectivity index (χ4n) is 1.72. The first-order valence-corrected chi connectivity index (χ1v) is 6.94. The molecular formula is C15H23N3O3. The predicted octanol–water partition coefficient (Wildman–Crippen LogP) is 1.45. The SMILES string of the molecule is CC(C)N(C)CCNC(=O)N[C@H](C(=O)O)c1ccccc1. The highest BCUT2D eigenvalue weighted by Gasteiger charge is 2.21. The number of likely N-dealkylation sites (N-methyl/N-ethyl adjacent to an activating group) is 1. The van der Waals surface area contributed by atoms with Crippen molar-refractivity contribution in [2.75, 3.05) is 20.1 Å². The van der Waals surface area contributed by atoms with Gasteiger partial charge in [-0.05, 0) is 26.5 Å². The molecule has 21 heavy (non-hydrogen) atoms. The van der Waals surface area contributed by atoms with Crippen molar-refractivity contribution in [2.24, 2.45) is 0 Å². The van der Waals surface area contributed by atoms with Gasteiger partial charge in [0.05, 0.1) is 0 Å². The number of carboxylic acid groups (broad SMARTS) is 1. The molecule has 0 aliphatic heterocycles. The summed E-state index contributed by atoms with van der Waals surface area (Å²) in [6.07, 6.45) is 0. The molecule has 6 heteroatoms. The van der Waals surface area contributed by atoms with Crippen molar-refractivity contribution in [3.63, 3.8) is 0 Å². The lowest BCUT2D eigenvalue weighted by molar-refractivity contribution is -0.139. The van der Waals surface area contributed by atoms with Crippen LogP contribution in [0.3, 0.4) is 0 Å². The molecule has 0 aromatic heterocycles. The number of benzene rings is 1.